The molecule has 4 heterocycles. The van der Waals surface area contributed by atoms with E-state index in [0.29, 0.717) is 24.9 Å². The topological polar surface area (TPSA) is 77.2 Å². The van der Waals surface area contributed by atoms with Crippen LogP contribution < -0.4 is 4.90 Å². The van der Waals surface area contributed by atoms with E-state index in [4.69, 9.17) is 19.1 Å². The molecule has 0 saturated carbocycles. The molecule has 1 aliphatic heterocycles. The van der Waals surface area contributed by atoms with Crippen LogP contribution in [0, 0.1) is 13.8 Å². The van der Waals surface area contributed by atoms with E-state index >= 15 is 0 Å². The molecule has 8 heteroatoms. The maximum atomic E-state index is 5.90. The van der Waals surface area contributed by atoms with E-state index in [-0.39, 0.29) is 6.10 Å². The number of fused-ring (bicyclic) bond motifs is 3. The van der Waals surface area contributed by atoms with Gasteiger partial charge in [-0.05, 0) is 31.7 Å². The monoisotopic (exact) mass is 433 g/mol. The molecule has 1 unspecified atom stereocenters. The van der Waals surface area contributed by atoms with Gasteiger partial charge in [0.2, 0.25) is 17.7 Å². The molecular formula is C23H23N5O2S. The summed E-state index contributed by atoms with van der Waals surface area (Å²) in [4.78, 5) is 14.8. The zero-order valence-electron chi connectivity index (χ0n) is 17.6. The quantitative estimate of drug-likeness (QED) is 0.473. The number of benzene rings is 1. The summed E-state index contributed by atoms with van der Waals surface area (Å²) in [5.41, 5.74) is 4.87. The van der Waals surface area contributed by atoms with Crippen molar-refractivity contribution < 1.29 is 9.15 Å². The summed E-state index contributed by atoms with van der Waals surface area (Å²) < 4.78 is 11.5. The Morgan fingerprint density at radius 2 is 1.94 bits per heavy atom. The van der Waals surface area contributed by atoms with Gasteiger partial charge in [-0.2, -0.15) is 0 Å². The Hall–Kier alpha value is -2.84. The van der Waals surface area contributed by atoms with E-state index in [1.807, 2.05) is 11.3 Å². The van der Waals surface area contributed by atoms with Gasteiger partial charge in [0, 0.05) is 29.3 Å². The largest absolute Gasteiger partial charge is 0.423 e. The normalized spacial score (nSPS) is 18.6. The minimum Gasteiger partial charge on any atom is -0.423 e. The van der Waals surface area contributed by atoms with Gasteiger partial charge in [-0.1, -0.05) is 29.8 Å². The van der Waals surface area contributed by atoms with Crippen LogP contribution in [-0.2, 0) is 17.6 Å². The van der Waals surface area contributed by atoms with E-state index in [9.17, 15) is 0 Å². The van der Waals surface area contributed by atoms with Gasteiger partial charge in [0.1, 0.15) is 4.83 Å². The predicted octanol–water partition coefficient (Wildman–Crippen LogP) is 4.42. The molecule has 2 aliphatic rings. The van der Waals surface area contributed by atoms with Gasteiger partial charge in [0.25, 0.3) is 0 Å². The highest BCUT2D eigenvalue weighted by Gasteiger charge is 2.30. The molecule has 3 aromatic heterocycles. The molecule has 1 saturated heterocycles. The van der Waals surface area contributed by atoms with Crippen molar-refractivity contribution in [3.05, 3.63) is 52.1 Å². The molecule has 0 radical (unpaired) electrons. The van der Waals surface area contributed by atoms with Crippen molar-refractivity contribution in [2.75, 3.05) is 24.6 Å². The van der Waals surface area contributed by atoms with Crippen molar-refractivity contribution in [3.63, 3.8) is 0 Å². The lowest BCUT2D eigenvalue weighted by atomic mass is 10.0. The maximum absolute atomic E-state index is 5.90. The van der Waals surface area contributed by atoms with Crippen molar-refractivity contribution >= 4 is 27.5 Å². The van der Waals surface area contributed by atoms with Gasteiger partial charge < -0.3 is 14.1 Å². The predicted molar refractivity (Wildman–Crippen MR) is 120 cm³/mol. The minimum atomic E-state index is -0.273. The molecular weight excluding hydrogens is 410 g/mol. The van der Waals surface area contributed by atoms with Crippen LogP contribution in [0.4, 0.5) is 5.95 Å². The summed E-state index contributed by atoms with van der Waals surface area (Å²) in [7, 11) is 0. The molecule has 1 aliphatic carbocycles. The molecule has 0 N–H and O–H groups in total. The zero-order valence-corrected chi connectivity index (χ0v) is 18.4. The number of hydrogen-bond acceptors (Lipinski definition) is 8. The van der Waals surface area contributed by atoms with Gasteiger partial charge in [-0.15, -0.1) is 21.5 Å². The molecule has 31 heavy (non-hydrogen) atoms. The Balaban J connectivity index is 1.44. The summed E-state index contributed by atoms with van der Waals surface area (Å²) in [6.07, 6.45) is 3.22. The molecule has 158 valence electrons. The molecule has 4 aromatic rings. The zero-order chi connectivity index (χ0) is 20.9. The molecule has 7 nitrogen and oxygen atoms in total. The van der Waals surface area contributed by atoms with E-state index in [1.165, 1.54) is 27.8 Å². The fourth-order valence-electron chi connectivity index (χ4n) is 4.47. The average Bonchev–Trinajstić information content (AvgIpc) is 3.50. The first-order valence-corrected chi connectivity index (χ1v) is 11.5. The standard InChI is InChI=1S/C23H23N5O2S/c1-13-6-8-15(9-7-13)20-19-16-4-3-5-18(16)31-22(19)25-23(24-20)28-10-11-29-17(12-28)21-27-26-14(2)30-21/h6-9,17H,3-5,10-12H2,1-2H3. The number of aromatic nitrogens is 4. The fraction of sp³-hybridized carbons (Fsp3) is 0.391. The lowest BCUT2D eigenvalue weighted by molar-refractivity contribution is 0.0212. The SMILES string of the molecule is Cc1ccc(-c2nc(N3CCOC(c4nnc(C)o4)C3)nc3sc4c(c23)CCC4)cc1. The van der Waals surface area contributed by atoms with Crippen molar-refractivity contribution in [2.24, 2.45) is 0 Å². The van der Waals surface area contributed by atoms with Crippen molar-refractivity contribution in [1.82, 2.24) is 20.2 Å². The maximum Gasteiger partial charge on any atom is 0.246 e. The van der Waals surface area contributed by atoms with E-state index in [2.05, 4.69) is 46.3 Å². The Kier molecular flexibility index (Phi) is 4.50. The Morgan fingerprint density at radius 3 is 2.74 bits per heavy atom. The van der Waals surface area contributed by atoms with Crippen molar-refractivity contribution in [1.29, 1.82) is 0 Å². The first kappa shape index (κ1) is 18.9. The number of hydrogen-bond donors (Lipinski definition) is 0. The average molecular weight is 434 g/mol. The summed E-state index contributed by atoms with van der Waals surface area (Å²) in [5.74, 6) is 1.80. The van der Waals surface area contributed by atoms with Crippen LogP contribution in [0.2, 0.25) is 0 Å². The Labute approximate surface area is 184 Å². The van der Waals surface area contributed by atoms with Crippen LogP contribution in [0.25, 0.3) is 21.5 Å². The second kappa shape index (κ2) is 7.39. The summed E-state index contributed by atoms with van der Waals surface area (Å²) in [5, 5.41) is 9.33. The summed E-state index contributed by atoms with van der Waals surface area (Å²) in [6, 6.07) is 8.64. The highest BCUT2D eigenvalue weighted by atomic mass is 32.1. The third-order valence-corrected chi connectivity index (χ3v) is 7.23. The molecule has 0 amide bonds. The van der Waals surface area contributed by atoms with Crippen LogP contribution >= 0.6 is 11.3 Å². The molecule has 6 rings (SSSR count). The van der Waals surface area contributed by atoms with E-state index in [0.717, 1.165) is 41.4 Å². The lowest BCUT2D eigenvalue weighted by Gasteiger charge is -2.31. The lowest BCUT2D eigenvalue weighted by Crippen LogP contribution is -2.39. The van der Waals surface area contributed by atoms with Gasteiger partial charge in [0.05, 0.1) is 18.8 Å². The van der Waals surface area contributed by atoms with E-state index < -0.39 is 0 Å². The van der Waals surface area contributed by atoms with Gasteiger partial charge in [-0.25, -0.2) is 9.97 Å². The van der Waals surface area contributed by atoms with Gasteiger partial charge in [-0.3, -0.25) is 0 Å². The summed E-state index contributed by atoms with van der Waals surface area (Å²) in [6.45, 7) is 5.78. The first-order chi connectivity index (χ1) is 15.2. The Bertz CT molecular complexity index is 1260. The number of ether oxygens (including phenoxy) is 1. The molecule has 1 fully saturated rings. The second-order valence-corrected chi connectivity index (χ2v) is 9.32. The number of morpholine rings is 1. The second-order valence-electron chi connectivity index (χ2n) is 8.24. The number of thiophene rings is 1. The summed E-state index contributed by atoms with van der Waals surface area (Å²) >= 11 is 1.83. The third kappa shape index (κ3) is 3.30. The fourth-order valence-corrected chi connectivity index (χ4v) is 5.72. The van der Waals surface area contributed by atoms with Gasteiger partial charge in [0.15, 0.2) is 6.10 Å². The van der Waals surface area contributed by atoms with Crippen molar-refractivity contribution in [3.8, 4) is 11.3 Å². The number of aryl methyl sites for hydroxylation is 4. The van der Waals surface area contributed by atoms with Crippen LogP contribution in [0.1, 0.15) is 40.3 Å². The number of nitrogens with zero attached hydrogens (tertiary/aromatic N) is 5. The number of rotatable bonds is 3. The molecule has 1 atom stereocenters. The first-order valence-electron chi connectivity index (χ1n) is 10.7. The van der Waals surface area contributed by atoms with Crippen LogP contribution in [0.5, 0.6) is 0 Å². The minimum absolute atomic E-state index is 0.273. The molecule has 1 aromatic carbocycles. The smallest absolute Gasteiger partial charge is 0.246 e. The van der Waals surface area contributed by atoms with Crippen LogP contribution in [0.3, 0.4) is 0 Å². The van der Waals surface area contributed by atoms with Crippen LogP contribution in [-0.4, -0.2) is 39.9 Å². The molecule has 0 bridgehead atoms. The highest BCUT2D eigenvalue weighted by Crippen LogP contribution is 2.42. The number of anilines is 1. The van der Waals surface area contributed by atoms with Crippen molar-refractivity contribution in [2.45, 2.75) is 39.2 Å². The Morgan fingerprint density at radius 1 is 1.06 bits per heavy atom. The molecule has 0 spiro atoms. The van der Waals surface area contributed by atoms with Crippen LogP contribution in [0.15, 0.2) is 28.7 Å². The third-order valence-electron chi connectivity index (χ3n) is 6.04. The van der Waals surface area contributed by atoms with E-state index in [1.54, 1.807) is 6.92 Å². The highest BCUT2D eigenvalue weighted by molar-refractivity contribution is 7.19. The van der Waals surface area contributed by atoms with Gasteiger partial charge >= 0.3 is 0 Å².